The molecule has 160 valence electrons. The van der Waals surface area contributed by atoms with E-state index in [4.69, 9.17) is 4.74 Å². The van der Waals surface area contributed by atoms with Crippen LogP contribution in [0.4, 0.5) is 0 Å². The van der Waals surface area contributed by atoms with Crippen molar-refractivity contribution < 1.29 is 9.53 Å². The number of rotatable bonds is 7. The van der Waals surface area contributed by atoms with Gasteiger partial charge in [-0.3, -0.25) is 4.79 Å². The van der Waals surface area contributed by atoms with Gasteiger partial charge in [0, 0.05) is 19.1 Å². The van der Waals surface area contributed by atoms with E-state index in [1.807, 2.05) is 6.26 Å². The molecule has 0 unspecified atom stereocenters. The van der Waals surface area contributed by atoms with Crippen LogP contribution in [0.3, 0.4) is 0 Å². The first-order valence-electron chi connectivity index (χ1n) is 10.8. The number of likely N-dealkylation sites (tertiary alicyclic amines) is 1. The largest absolute Gasteiger partial charge is 0.378 e. The number of benzene rings is 2. The Bertz CT molecular complexity index is 849. The Labute approximate surface area is 184 Å². The number of amides is 1. The fraction of sp³-hybridized carbons (Fsp3) is 0.480. The zero-order chi connectivity index (χ0) is 21.0. The quantitative estimate of drug-likeness (QED) is 0.734. The molecule has 1 N–H and O–H groups in total. The number of carbonyl (C=O) groups excluding carboxylic acids is 1. The van der Waals surface area contributed by atoms with Crippen molar-refractivity contribution in [3.8, 4) is 0 Å². The summed E-state index contributed by atoms with van der Waals surface area (Å²) in [5, 5.41) is 3.27. The van der Waals surface area contributed by atoms with Crippen LogP contribution in [0.25, 0.3) is 0 Å². The average Bonchev–Trinajstić information content (AvgIpc) is 3.03. The van der Waals surface area contributed by atoms with Gasteiger partial charge >= 0.3 is 0 Å². The normalized spacial score (nSPS) is 22.7. The molecular weight excluding hydrogens is 392 g/mol. The number of nitrogens with one attached hydrogen (secondary N) is 1. The monoisotopic (exact) mass is 424 g/mol. The molecule has 0 saturated carbocycles. The molecule has 1 saturated heterocycles. The van der Waals surface area contributed by atoms with Crippen LogP contribution < -0.4 is 5.32 Å². The molecule has 2 aromatic rings. The summed E-state index contributed by atoms with van der Waals surface area (Å²) in [6.07, 6.45) is 5.16. The second kappa shape index (κ2) is 9.54. The van der Waals surface area contributed by atoms with E-state index in [2.05, 4.69) is 64.8 Å². The highest BCUT2D eigenvalue weighted by molar-refractivity contribution is 7.99. The minimum atomic E-state index is -0.0679. The van der Waals surface area contributed by atoms with Crippen molar-refractivity contribution in [3.05, 3.63) is 71.3 Å². The lowest BCUT2D eigenvalue weighted by Gasteiger charge is -2.44. The van der Waals surface area contributed by atoms with Crippen LogP contribution >= 0.6 is 11.8 Å². The molecule has 2 aromatic carbocycles. The first-order chi connectivity index (χ1) is 14.7. The second-order valence-electron chi connectivity index (χ2n) is 8.46. The summed E-state index contributed by atoms with van der Waals surface area (Å²) >= 11 is 1.55. The predicted octanol–water partition coefficient (Wildman–Crippen LogP) is 3.81. The SMILES string of the molecule is CO[C@@H]1[C@@H](NC(=O)CSC)c2ccccc2C12CCN(CCc1ccccc1)CC2. The number of nitrogens with zero attached hydrogens (tertiary/aromatic N) is 1. The third kappa shape index (κ3) is 4.16. The summed E-state index contributed by atoms with van der Waals surface area (Å²) in [7, 11) is 1.80. The Morgan fingerprint density at radius 2 is 1.83 bits per heavy atom. The van der Waals surface area contributed by atoms with E-state index in [0.29, 0.717) is 5.75 Å². The van der Waals surface area contributed by atoms with Gasteiger partial charge < -0.3 is 15.0 Å². The number of hydrogen-bond acceptors (Lipinski definition) is 4. The van der Waals surface area contributed by atoms with Crippen molar-refractivity contribution in [1.82, 2.24) is 10.2 Å². The molecule has 2 atom stereocenters. The Morgan fingerprint density at radius 1 is 1.13 bits per heavy atom. The van der Waals surface area contributed by atoms with Crippen molar-refractivity contribution in [2.24, 2.45) is 0 Å². The van der Waals surface area contributed by atoms with Gasteiger partial charge in [-0.2, -0.15) is 11.8 Å². The average molecular weight is 425 g/mol. The van der Waals surface area contributed by atoms with Crippen LogP contribution in [0, 0.1) is 0 Å². The summed E-state index contributed by atoms with van der Waals surface area (Å²) in [4.78, 5) is 15.0. The number of carbonyl (C=O) groups is 1. The molecule has 0 radical (unpaired) electrons. The third-order valence-electron chi connectivity index (χ3n) is 6.83. The highest BCUT2D eigenvalue weighted by atomic mass is 32.2. The summed E-state index contributed by atoms with van der Waals surface area (Å²) in [6.45, 7) is 3.21. The maximum absolute atomic E-state index is 12.4. The smallest absolute Gasteiger partial charge is 0.230 e. The van der Waals surface area contributed by atoms with Crippen molar-refractivity contribution in [1.29, 1.82) is 0 Å². The number of piperidine rings is 1. The van der Waals surface area contributed by atoms with Crippen molar-refractivity contribution in [3.63, 3.8) is 0 Å². The van der Waals surface area contributed by atoms with E-state index in [1.165, 1.54) is 16.7 Å². The lowest BCUT2D eigenvalue weighted by Crippen LogP contribution is -2.51. The Balaban J connectivity index is 1.49. The van der Waals surface area contributed by atoms with Gasteiger partial charge in [-0.05, 0) is 55.3 Å². The van der Waals surface area contributed by atoms with E-state index in [0.717, 1.165) is 38.9 Å². The van der Waals surface area contributed by atoms with E-state index in [-0.39, 0.29) is 23.5 Å². The van der Waals surface area contributed by atoms with Gasteiger partial charge in [-0.25, -0.2) is 0 Å². The minimum Gasteiger partial charge on any atom is -0.378 e. The van der Waals surface area contributed by atoms with Gasteiger partial charge in [-0.1, -0.05) is 54.6 Å². The van der Waals surface area contributed by atoms with Gasteiger partial charge in [0.1, 0.15) is 0 Å². The zero-order valence-electron chi connectivity index (χ0n) is 18.0. The molecule has 1 fully saturated rings. The number of hydrogen-bond donors (Lipinski definition) is 1. The molecule has 1 spiro atoms. The minimum absolute atomic E-state index is 0.0167. The van der Waals surface area contributed by atoms with E-state index in [1.54, 1.807) is 18.9 Å². The molecule has 4 nitrogen and oxygen atoms in total. The van der Waals surface area contributed by atoms with Gasteiger partial charge in [0.05, 0.1) is 17.9 Å². The van der Waals surface area contributed by atoms with Crippen LogP contribution in [0.5, 0.6) is 0 Å². The maximum Gasteiger partial charge on any atom is 0.230 e. The first-order valence-corrected chi connectivity index (χ1v) is 12.2. The molecule has 1 amide bonds. The van der Waals surface area contributed by atoms with Crippen LogP contribution in [0.2, 0.25) is 0 Å². The van der Waals surface area contributed by atoms with Crippen LogP contribution in [0.1, 0.15) is 35.6 Å². The summed E-state index contributed by atoms with van der Waals surface area (Å²) in [5.74, 6) is 0.566. The molecular formula is C25H32N2O2S. The summed E-state index contributed by atoms with van der Waals surface area (Å²) in [5.41, 5.74) is 3.98. The van der Waals surface area contributed by atoms with Gasteiger partial charge in [0.2, 0.25) is 5.91 Å². The summed E-state index contributed by atoms with van der Waals surface area (Å²) < 4.78 is 6.10. The molecule has 30 heavy (non-hydrogen) atoms. The Morgan fingerprint density at radius 3 is 2.53 bits per heavy atom. The lowest BCUT2D eigenvalue weighted by molar-refractivity contribution is -0.120. The molecule has 0 aromatic heterocycles. The Hall–Kier alpha value is -1.82. The number of methoxy groups -OCH3 is 1. The highest BCUT2D eigenvalue weighted by Gasteiger charge is 2.53. The first kappa shape index (κ1) is 21.4. The van der Waals surface area contributed by atoms with Crippen molar-refractivity contribution >= 4 is 17.7 Å². The van der Waals surface area contributed by atoms with Gasteiger partial charge in [0.25, 0.3) is 0 Å². The fourth-order valence-corrected chi connectivity index (χ4v) is 5.73. The van der Waals surface area contributed by atoms with Gasteiger partial charge in [-0.15, -0.1) is 0 Å². The van der Waals surface area contributed by atoms with Crippen molar-refractivity contribution in [2.75, 3.05) is 38.8 Å². The molecule has 4 rings (SSSR count). The van der Waals surface area contributed by atoms with E-state index in [9.17, 15) is 4.79 Å². The Kier molecular flexibility index (Phi) is 6.81. The standard InChI is InChI=1S/C25H32N2O2S/c1-29-24-23(26-22(28)18-30-2)20-10-6-7-11-21(20)25(24)13-16-27(17-14-25)15-12-19-8-4-3-5-9-19/h3-11,23-24H,12-18H2,1-2H3,(H,26,28)/t23-,24+/m0/s1. The van der Waals surface area contributed by atoms with Gasteiger partial charge in [0.15, 0.2) is 0 Å². The molecule has 0 bridgehead atoms. The van der Waals surface area contributed by atoms with Crippen LogP contribution in [-0.4, -0.2) is 55.7 Å². The zero-order valence-corrected chi connectivity index (χ0v) is 18.8. The topological polar surface area (TPSA) is 41.6 Å². The van der Waals surface area contributed by atoms with Crippen LogP contribution in [-0.2, 0) is 21.4 Å². The highest BCUT2D eigenvalue weighted by Crippen LogP contribution is 2.52. The maximum atomic E-state index is 12.4. The molecule has 5 heteroatoms. The summed E-state index contributed by atoms with van der Waals surface area (Å²) in [6, 6.07) is 19.3. The second-order valence-corrected chi connectivity index (χ2v) is 9.32. The fourth-order valence-electron chi connectivity index (χ4n) is 5.38. The molecule has 1 heterocycles. The number of thioether (sulfide) groups is 1. The van der Waals surface area contributed by atoms with Crippen molar-refractivity contribution in [2.45, 2.75) is 36.8 Å². The molecule has 1 aliphatic carbocycles. The number of fused-ring (bicyclic) bond motifs is 2. The van der Waals surface area contributed by atoms with E-state index >= 15 is 0 Å². The number of ether oxygens (including phenoxy) is 1. The third-order valence-corrected chi connectivity index (χ3v) is 7.38. The lowest BCUT2D eigenvalue weighted by atomic mass is 9.72. The van der Waals surface area contributed by atoms with Crippen LogP contribution in [0.15, 0.2) is 54.6 Å². The predicted molar refractivity (Wildman–Crippen MR) is 124 cm³/mol. The molecule has 2 aliphatic rings. The van der Waals surface area contributed by atoms with E-state index < -0.39 is 0 Å². The molecule has 1 aliphatic heterocycles.